The maximum absolute atomic E-state index is 11.8. The van der Waals surface area contributed by atoms with Crippen molar-refractivity contribution in [1.82, 2.24) is 0 Å². The van der Waals surface area contributed by atoms with Crippen LogP contribution >= 0.6 is 0 Å². The number of hydrogen-bond acceptors (Lipinski definition) is 1. The van der Waals surface area contributed by atoms with Crippen molar-refractivity contribution in [3.63, 3.8) is 0 Å². The fourth-order valence-corrected chi connectivity index (χ4v) is 6.70. The Morgan fingerprint density at radius 1 is 1.19 bits per heavy atom. The molecule has 5 atom stereocenters. The molecular formula is C20H29O. The van der Waals surface area contributed by atoms with Crippen molar-refractivity contribution in [3.05, 3.63) is 17.6 Å². The zero-order valence-corrected chi connectivity index (χ0v) is 13.7. The molecule has 3 saturated carbocycles. The van der Waals surface area contributed by atoms with Gasteiger partial charge >= 0.3 is 0 Å². The first kappa shape index (κ1) is 14.0. The fraction of sp³-hybridized carbons (Fsp3) is 0.800. The largest absolute Gasteiger partial charge is 0.299 e. The first-order valence-electron chi connectivity index (χ1n) is 9.19. The normalized spacial score (nSPS) is 46.6. The van der Waals surface area contributed by atoms with Crippen LogP contribution in [0.4, 0.5) is 0 Å². The number of allylic oxidation sites excluding steroid dienone is 2. The lowest BCUT2D eigenvalue weighted by Gasteiger charge is -2.54. The van der Waals surface area contributed by atoms with Crippen LogP contribution in [0.5, 0.6) is 0 Å². The quantitative estimate of drug-likeness (QED) is 0.612. The molecule has 0 aromatic rings. The van der Waals surface area contributed by atoms with E-state index in [1.165, 1.54) is 44.1 Å². The zero-order valence-electron chi connectivity index (χ0n) is 13.7. The number of carbonyl (C=O) groups excluding carboxylic acids is 1. The summed E-state index contributed by atoms with van der Waals surface area (Å²) >= 11 is 0. The van der Waals surface area contributed by atoms with E-state index in [1.54, 1.807) is 0 Å². The number of Topliss-reactive ketones (excluding diaryl/α,β-unsaturated/α-hetero) is 1. The van der Waals surface area contributed by atoms with Crippen LogP contribution in [0.25, 0.3) is 0 Å². The SMILES string of the molecule is CC[C@]12CC[C@H]3[C@@H](CC=C4CC(=O)CC[C@@H]43)[C@@H]1CC[C]2C. The number of rotatable bonds is 1. The Hall–Kier alpha value is -0.590. The van der Waals surface area contributed by atoms with Crippen LogP contribution in [0.2, 0.25) is 0 Å². The van der Waals surface area contributed by atoms with Gasteiger partial charge in [-0.2, -0.15) is 0 Å². The molecule has 0 aromatic heterocycles. The van der Waals surface area contributed by atoms with E-state index < -0.39 is 0 Å². The molecule has 3 fully saturated rings. The van der Waals surface area contributed by atoms with E-state index in [0.29, 0.717) is 11.2 Å². The van der Waals surface area contributed by atoms with Gasteiger partial charge in [-0.25, -0.2) is 0 Å². The molecule has 0 N–H and O–H groups in total. The topological polar surface area (TPSA) is 17.1 Å². The van der Waals surface area contributed by atoms with Crippen molar-refractivity contribution in [2.24, 2.45) is 29.1 Å². The Kier molecular flexibility index (Phi) is 3.32. The Bertz CT molecular complexity index is 476. The summed E-state index contributed by atoms with van der Waals surface area (Å²) < 4.78 is 0. The molecule has 0 aromatic carbocycles. The number of fused-ring (bicyclic) bond motifs is 5. The standard InChI is InChI=1S/C20H29O/c1-3-20-11-10-17-16-8-6-15(21)12-14(16)5-7-18(17)19(20)9-4-13(20)2/h5,16-19H,3-4,6-12H2,1-2H3/t16-,17+,18+,19-,20+/m0/s1. The Morgan fingerprint density at radius 2 is 2.05 bits per heavy atom. The second-order valence-corrected chi connectivity index (χ2v) is 8.18. The Balaban J connectivity index is 1.64. The molecule has 1 radical (unpaired) electrons. The molecule has 0 amide bonds. The molecule has 4 aliphatic rings. The van der Waals surface area contributed by atoms with Crippen LogP contribution in [0.15, 0.2) is 11.6 Å². The highest BCUT2D eigenvalue weighted by Crippen LogP contribution is 2.65. The van der Waals surface area contributed by atoms with E-state index in [-0.39, 0.29) is 0 Å². The zero-order chi connectivity index (χ0) is 14.6. The molecule has 0 unspecified atom stereocenters. The number of hydrogen-bond donors (Lipinski definition) is 0. The lowest BCUT2D eigenvalue weighted by molar-refractivity contribution is -0.120. The highest BCUT2D eigenvalue weighted by atomic mass is 16.1. The van der Waals surface area contributed by atoms with Crippen molar-refractivity contribution in [3.8, 4) is 0 Å². The number of ketones is 1. The maximum atomic E-state index is 11.8. The second kappa shape index (κ2) is 4.96. The third-order valence-electron chi connectivity index (χ3n) is 7.79. The van der Waals surface area contributed by atoms with E-state index in [2.05, 4.69) is 19.9 Å². The third kappa shape index (κ3) is 1.92. The van der Waals surface area contributed by atoms with Crippen molar-refractivity contribution in [1.29, 1.82) is 0 Å². The van der Waals surface area contributed by atoms with Crippen molar-refractivity contribution in [2.45, 2.75) is 71.6 Å². The van der Waals surface area contributed by atoms with Crippen LogP contribution in [0, 0.1) is 35.0 Å². The summed E-state index contributed by atoms with van der Waals surface area (Å²) in [4.78, 5) is 11.8. The Morgan fingerprint density at radius 3 is 2.86 bits per heavy atom. The lowest BCUT2D eigenvalue weighted by atomic mass is 9.51. The minimum absolute atomic E-state index is 0.486. The third-order valence-corrected chi connectivity index (χ3v) is 7.79. The second-order valence-electron chi connectivity index (χ2n) is 8.18. The van der Waals surface area contributed by atoms with Gasteiger partial charge in [0.15, 0.2) is 0 Å². The summed E-state index contributed by atoms with van der Waals surface area (Å²) in [6.45, 7) is 4.86. The highest BCUT2D eigenvalue weighted by molar-refractivity contribution is 5.82. The summed E-state index contributed by atoms with van der Waals surface area (Å²) in [5.74, 6) is 5.81. The summed E-state index contributed by atoms with van der Waals surface area (Å²) in [6, 6.07) is 0. The summed E-state index contributed by atoms with van der Waals surface area (Å²) in [6.07, 6.45) is 13.6. The van der Waals surface area contributed by atoms with Gasteiger partial charge < -0.3 is 0 Å². The van der Waals surface area contributed by atoms with Gasteiger partial charge in [0.05, 0.1) is 0 Å². The van der Waals surface area contributed by atoms with Crippen molar-refractivity contribution < 1.29 is 4.79 Å². The maximum Gasteiger partial charge on any atom is 0.136 e. The summed E-state index contributed by atoms with van der Waals surface area (Å²) in [5, 5.41) is 0. The molecular weight excluding hydrogens is 256 g/mol. The molecule has 1 heteroatoms. The molecule has 4 rings (SSSR count). The van der Waals surface area contributed by atoms with Gasteiger partial charge in [0.25, 0.3) is 0 Å². The first-order valence-corrected chi connectivity index (χ1v) is 9.19. The van der Waals surface area contributed by atoms with Crippen molar-refractivity contribution in [2.75, 3.05) is 0 Å². The molecule has 1 nitrogen and oxygen atoms in total. The van der Waals surface area contributed by atoms with Gasteiger partial charge in [-0.1, -0.05) is 25.5 Å². The van der Waals surface area contributed by atoms with Crippen LogP contribution in [-0.2, 0) is 4.79 Å². The monoisotopic (exact) mass is 285 g/mol. The van der Waals surface area contributed by atoms with Crippen LogP contribution in [0.1, 0.15) is 71.6 Å². The molecule has 0 spiro atoms. The predicted octanol–water partition coefficient (Wildman–Crippen LogP) is 5.11. The average Bonchev–Trinajstić information content (AvgIpc) is 2.84. The van der Waals surface area contributed by atoms with E-state index in [1.807, 2.05) is 5.92 Å². The summed E-state index contributed by atoms with van der Waals surface area (Å²) in [5.41, 5.74) is 2.10. The van der Waals surface area contributed by atoms with E-state index in [9.17, 15) is 4.79 Å². The van der Waals surface area contributed by atoms with Gasteiger partial charge in [0.2, 0.25) is 0 Å². The van der Waals surface area contributed by atoms with Crippen molar-refractivity contribution >= 4 is 5.78 Å². The molecule has 4 aliphatic carbocycles. The average molecular weight is 285 g/mol. The van der Waals surface area contributed by atoms with Gasteiger partial charge in [0, 0.05) is 12.8 Å². The van der Waals surface area contributed by atoms with E-state index >= 15 is 0 Å². The highest BCUT2D eigenvalue weighted by Gasteiger charge is 2.56. The van der Waals surface area contributed by atoms with E-state index in [4.69, 9.17) is 0 Å². The minimum atomic E-state index is 0.486. The Labute approximate surface area is 129 Å². The van der Waals surface area contributed by atoms with Gasteiger partial charge in [-0.15, -0.1) is 0 Å². The molecule has 115 valence electrons. The van der Waals surface area contributed by atoms with E-state index in [0.717, 1.165) is 42.9 Å². The lowest BCUT2D eigenvalue weighted by Crippen LogP contribution is -2.46. The van der Waals surface area contributed by atoms with Gasteiger partial charge in [0.1, 0.15) is 5.78 Å². The molecule has 0 aliphatic heterocycles. The molecule has 0 bridgehead atoms. The van der Waals surface area contributed by atoms with Crippen LogP contribution < -0.4 is 0 Å². The summed E-state index contributed by atoms with van der Waals surface area (Å²) in [7, 11) is 0. The minimum Gasteiger partial charge on any atom is -0.299 e. The molecule has 21 heavy (non-hydrogen) atoms. The smallest absolute Gasteiger partial charge is 0.136 e. The van der Waals surface area contributed by atoms with Crippen LogP contribution in [0.3, 0.4) is 0 Å². The number of carbonyl (C=O) groups is 1. The predicted molar refractivity (Wildman–Crippen MR) is 85.6 cm³/mol. The first-order chi connectivity index (χ1) is 10.2. The molecule has 0 heterocycles. The fourth-order valence-electron chi connectivity index (χ4n) is 6.70. The van der Waals surface area contributed by atoms with Gasteiger partial charge in [-0.05, 0) is 80.0 Å². The van der Waals surface area contributed by atoms with Gasteiger partial charge in [-0.3, -0.25) is 4.79 Å². The molecule has 0 saturated heterocycles. The van der Waals surface area contributed by atoms with Crippen LogP contribution in [-0.4, -0.2) is 5.78 Å².